The molecule has 0 spiro atoms. The quantitative estimate of drug-likeness (QED) is 0.851. The van der Waals surface area contributed by atoms with Crippen molar-refractivity contribution in [1.82, 2.24) is 0 Å². The van der Waals surface area contributed by atoms with E-state index in [2.05, 4.69) is 31.9 Å². The molecule has 1 aromatic carbocycles. The highest BCUT2D eigenvalue weighted by Gasteiger charge is 2.15. The lowest BCUT2D eigenvalue weighted by Gasteiger charge is -2.11. The highest BCUT2D eigenvalue weighted by Crippen LogP contribution is 2.30. The molecule has 0 amide bonds. The Morgan fingerprint density at radius 1 is 1.19 bits per heavy atom. The third-order valence-corrected chi connectivity index (χ3v) is 3.55. The van der Waals surface area contributed by atoms with E-state index < -0.39 is 0 Å². The van der Waals surface area contributed by atoms with Gasteiger partial charge in [-0.05, 0) is 45.8 Å². The SMILES string of the molecule is NC(c1ccc(Br)o1)c1ccc(Cl)cc1Br. The van der Waals surface area contributed by atoms with E-state index in [-0.39, 0.29) is 6.04 Å². The second-order valence-electron chi connectivity index (χ2n) is 3.29. The lowest BCUT2D eigenvalue weighted by Crippen LogP contribution is -2.11. The predicted molar refractivity (Wildman–Crippen MR) is 71.6 cm³/mol. The zero-order valence-electron chi connectivity index (χ0n) is 8.08. The Bertz CT molecular complexity index is 512. The molecule has 1 heterocycles. The predicted octanol–water partition coefficient (Wildman–Crippen LogP) is 4.51. The van der Waals surface area contributed by atoms with Crippen LogP contribution in [-0.4, -0.2) is 0 Å². The van der Waals surface area contributed by atoms with Gasteiger partial charge in [0.1, 0.15) is 5.76 Å². The monoisotopic (exact) mass is 363 g/mol. The summed E-state index contributed by atoms with van der Waals surface area (Å²) in [7, 11) is 0. The van der Waals surface area contributed by atoms with Crippen molar-refractivity contribution in [3.8, 4) is 0 Å². The molecule has 0 aliphatic rings. The molecule has 1 aromatic heterocycles. The van der Waals surface area contributed by atoms with E-state index in [0.29, 0.717) is 15.5 Å². The molecule has 0 fully saturated rings. The van der Waals surface area contributed by atoms with Gasteiger partial charge in [-0.15, -0.1) is 0 Å². The maximum Gasteiger partial charge on any atom is 0.169 e. The van der Waals surface area contributed by atoms with Gasteiger partial charge in [0.25, 0.3) is 0 Å². The van der Waals surface area contributed by atoms with Crippen LogP contribution in [0.25, 0.3) is 0 Å². The molecule has 0 saturated heterocycles. The van der Waals surface area contributed by atoms with Crippen molar-refractivity contribution in [2.45, 2.75) is 6.04 Å². The van der Waals surface area contributed by atoms with Crippen molar-refractivity contribution in [1.29, 1.82) is 0 Å². The Hall–Kier alpha value is -0.290. The summed E-state index contributed by atoms with van der Waals surface area (Å²) >= 11 is 12.6. The summed E-state index contributed by atoms with van der Waals surface area (Å²) in [6.07, 6.45) is 0. The van der Waals surface area contributed by atoms with Crippen molar-refractivity contribution < 1.29 is 4.42 Å². The topological polar surface area (TPSA) is 39.2 Å². The Kier molecular flexibility index (Phi) is 3.74. The normalized spacial score (nSPS) is 12.8. The number of halogens is 3. The maximum atomic E-state index is 6.09. The van der Waals surface area contributed by atoms with Gasteiger partial charge in [0.15, 0.2) is 4.67 Å². The molecule has 2 nitrogen and oxygen atoms in total. The van der Waals surface area contributed by atoms with Gasteiger partial charge < -0.3 is 10.2 Å². The van der Waals surface area contributed by atoms with E-state index >= 15 is 0 Å². The molecule has 0 bridgehead atoms. The molecule has 16 heavy (non-hydrogen) atoms. The lowest BCUT2D eigenvalue weighted by atomic mass is 10.1. The summed E-state index contributed by atoms with van der Waals surface area (Å²) in [5.41, 5.74) is 7.03. The van der Waals surface area contributed by atoms with Gasteiger partial charge in [0.05, 0.1) is 6.04 Å². The van der Waals surface area contributed by atoms with E-state index in [1.54, 1.807) is 6.07 Å². The summed E-state index contributed by atoms with van der Waals surface area (Å²) in [6, 6.07) is 8.86. The summed E-state index contributed by atoms with van der Waals surface area (Å²) in [4.78, 5) is 0. The first-order chi connectivity index (χ1) is 7.58. The second kappa shape index (κ2) is 4.92. The summed E-state index contributed by atoms with van der Waals surface area (Å²) in [6.45, 7) is 0. The van der Waals surface area contributed by atoms with Crippen LogP contribution in [0, 0.1) is 0 Å². The third-order valence-electron chi connectivity index (χ3n) is 2.20. The van der Waals surface area contributed by atoms with Crippen LogP contribution in [0.4, 0.5) is 0 Å². The number of benzene rings is 1. The zero-order chi connectivity index (χ0) is 11.7. The van der Waals surface area contributed by atoms with Gasteiger partial charge in [-0.25, -0.2) is 0 Å². The van der Waals surface area contributed by atoms with Crippen LogP contribution in [-0.2, 0) is 0 Å². The lowest BCUT2D eigenvalue weighted by molar-refractivity contribution is 0.470. The minimum atomic E-state index is -0.307. The molecular weight excluding hydrogens is 357 g/mol. The zero-order valence-corrected chi connectivity index (χ0v) is 12.0. The number of hydrogen-bond donors (Lipinski definition) is 1. The van der Waals surface area contributed by atoms with Crippen LogP contribution < -0.4 is 5.73 Å². The minimum absolute atomic E-state index is 0.307. The van der Waals surface area contributed by atoms with E-state index in [0.717, 1.165) is 10.0 Å². The minimum Gasteiger partial charge on any atom is -0.452 e. The maximum absolute atomic E-state index is 6.09. The number of nitrogens with two attached hydrogens (primary N) is 1. The van der Waals surface area contributed by atoms with Crippen LogP contribution in [0.1, 0.15) is 17.4 Å². The molecule has 0 aliphatic heterocycles. The van der Waals surface area contributed by atoms with E-state index in [4.69, 9.17) is 21.8 Å². The van der Waals surface area contributed by atoms with Crippen LogP contribution in [0.2, 0.25) is 5.02 Å². The van der Waals surface area contributed by atoms with Crippen LogP contribution in [0.3, 0.4) is 0 Å². The smallest absolute Gasteiger partial charge is 0.169 e. The fourth-order valence-electron chi connectivity index (χ4n) is 1.40. The van der Waals surface area contributed by atoms with Crippen molar-refractivity contribution in [3.05, 3.63) is 55.8 Å². The van der Waals surface area contributed by atoms with Gasteiger partial charge in [0, 0.05) is 9.50 Å². The average molecular weight is 365 g/mol. The van der Waals surface area contributed by atoms with Crippen LogP contribution >= 0.6 is 43.5 Å². The fourth-order valence-corrected chi connectivity index (χ4v) is 2.65. The summed E-state index contributed by atoms with van der Waals surface area (Å²) in [5, 5.41) is 0.670. The molecule has 5 heteroatoms. The van der Waals surface area contributed by atoms with Gasteiger partial charge in [-0.1, -0.05) is 33.6 Å². The van der Waals surface area contributed by atoms with Crippen molar-refractivity contribution in [3.63, 3.8) is 0 Å². The number of furan rings is 1. The molecule has 84 valence electrons. The molecule has 0 aliphatic carbocycles. The molecule has 2 aromatic rings. The summed E-state index contributed by atoms with van der Waals surface area (Å²) in [5.74, 6) is 0.704. The van der Waals surface area contributed by atoms with Crippen molar-refractivity contribution in [2.24, 2.45) is 5.73 Å². The standard InChI is InChI=1S/C11H8Br2ClNO/c12-8-5-6(14)1-2-7(8)11(15)9-3-4-10(13)16-9/h1-5,11H,15H2. The molecule has 0 saturated carbocycles. The Morgan fingerprint density at radius 2 is 1.94 bits per heavy atom. The highest BCUT2D eigenvalue weighted by atomic mass is 79.9. The first-order valence-electron chi connectivity index (χ1n) is 4.53. The Labute approximate surface area is 115 Å². The molecule has 1 atom stereocenters. The molecule has 1 unspecified atom stereocenters. The van der Waals surface area contributed by atoms with Crippen molar-refractivity contribution >= 4 is 43.5 Å². The number of rotatable bonds is 2. The molecular formula is C11H8Br2ClNO. The first-order valence-corrected chi connectivity index (χ1v) is 6.50. The van der Waals surface area contributed by atoms with Gasteiger partial charge >= 0.3 is 0 Å². The van der Waals surface area contributed by atoms with Crippen LogP contribution in [0.5, 0.6) is 0 Å². The van der Waals surface area contributed by atoms with E-state index in [9.17, 15) is 0 Å². The molecule has 2 rings (SSSR count). The van der Waals surface area contributed by atoms with Crippen LogP contribution in [0.15, 0.2) is 43.9 Å². The van der Waals surface area contributed by atoms with Gasteiger partial charge in [0.2, 0.25) is 0 Å². The molecule has 0 radical (unpaired) electrons. The summed E-state index contributed by atoms with van der Waals surface area (Å²) < 4.78 is 6.97. The first kappa shape index (κ1) is 12.2. The fraction of sp³-hybridized carbons (Fsp3) is 0.0909. The van der Waals surface area contributed by atoms with Crippen molar-refractivity contribution in [2.75, 3.05) is 0 Å². The Morgan fingerprint density at radius 3 is 2.50 bits per heavy atom. The van der Waals surface area contributed by atoms with Gasteiger partial charge in [-0.2, -0.15) is 0 Å². The second-order valence-corrected chi connectivity index (χ2v) is 5.36. The third kappa shape index (κ3) is 2.51. The van der Waals surface area contributed by atoms with E-state index in [1.807, 2.05) is 24.3 Å². The number of hydrogen-bond acceptors (Lipinski definition) is 2. The average Bonchev–Trinajstić information content (AvgIpc) is 2.64. The molecule has 2 N–H and O–H groups in total. The van der Waals surface area contributed by atoms with Gasteiger partial charge in [-0.3, -0.25) is 0 Å². The largest absolute Gasteiger partial charge is 0.452 e. The van der Waals surface area contributed by atoms with E-state index in [1.165, 1.54) is 0 Å². The highest BCUT2D eigenvalue weighted by molar-refractivity contribution is 9.10. The Balaban J connectivity index is 2.37.